The second-order valence-electron chi connectivity index (χ2n) is 5.01. The van der Waals surface area contributed by atoms with Crippen molar-refractivity contribution >= 4 is 18.1 Å². The Morgan fingerprint density at radius 2 is 2.22 bits per heavy atom. The second kappa shape index (κ2) is 5.20. The summed E-state index contributed by atoms with van der Waals surface area (Å²) in [6.07, 6.45) is 5.30. The van der Waals surface area contributed by atoms with Gasteiger partial charge in [-0.15, -0.1) is 0 Å². The van der Waals surface area contributed by atoms with Gasteiger partial charge in [0.15, 0.2) is 0 Å². The molecule has 1 aliphatic carbocycles. The highest BCUT2D eigenvalue weighted by molar-refractivity contribution is 7.71. The number of carbonyl (C=O) groups is 1. The smallest absolute Gasteiger partial charge is 0.256 e. The minimum atomic E-state index is -0.718. The lowest BCUT2D eigenvalue weighted by Gasteiger charge is -2.28. The van der Waals surface area contributed by atoms with Crippen molar-refractivity contribution in [1.82, 2.24) is 9.88 Å². The molecule has 1 aromatic heterocycles. The van der Waals surface area contributed by atoms with Gasteiger partial charge in [-0.25, -0.2) is 0 Å². The molecule has 2 N–H and O–H groups in total. The van der Waals surface area contributed by atoms with Crippen LogP contribution in [0.4, 0.5) is 0 Å². The van der Waals surface area contributed by atoms with Gasteiger partial charge in [0.2, 0.25) is 0 Å². The van der Waals surface area contributed by atoms with Crippen LogP contribution in [0.25, 0.3) is 0 Å². The predicted molar refractivity (Wildman–Crippen MR) is 72.0 cm³/mol. The third kappa shape index (κ3) is 2.79. The molecule has 0 aromatic carbocycles. The summed E-state index contributed by atoms with van der Waals surface area (Å²) in [6, 6.07) is 3.46. The molecule has 5 heteroatoms. The van der Waals surface area contributed by atoms with Crippen LogP contribution >= 0.6 is 12.2 Å². The van der Waals surface area contributed by atoms with Gasteiger partial charge in [-0.1, -0.05) is 25.1 Å². The van der Waals surface area contributed by atoms with Crippen molar-refractivity contribution in [2.75, 3.05) is 13.6 Å². The second-order valence-corrected chi connectivity index (χ2v) is 5.41. The number of hydrogen-bond acceptors (Lipinski definition) is 3. The zero-order valence-corrected chi connectivity index (χ0v) is 11.3. The highest BCUT2D eigenvalue weighted by Gasteiger charge is 2.33. The maximum atomic E-state index is 12.2. The monoisotopic (exact) mass is 266 g/mol. The molecule has 1 saturated carbocycles. The quantitative estimate of drug-likeness (QED) is 0.824. The zero-order valence-electron chi connectivity index (χ0n) is 10.5. The molecule has 0 spiro atoms. The topological polar surface area (TPSA) is 56.3 Å². The summed E-state index contributed by atoms with van der Waals surface area (Å²) in [4.78, 5) is 16.6. The van der Waals surface area contributed by atoms with Crippen molar-refractivity contribution < 1.29 is 9.90 Å². The van der Waals surface area contributed by atoms with E-state index >= 15 is 0 Å². The molecule has 0 bridgehead atoms. The van der Waals surface area contributed by atoms with Crippen LogP contribution in [0.5, 0.6) is 0 Å². The van der Waals surface area contributed by atoms with Gasteiger partial charge < -0.3 is 15.0 Å². The number of rotatable bonds is 3. The molecule has 1 aromatic rings. The van der Waals surface area contributed by atoms with E-state index in [9.17, 15) is 9.90 Å². The Labute approximate surface area is 112 Å². The average Bonchev–Trinajstić information content (AvgIpc) is 2.75. The minimum absolute atomic E-state index is 0.142. The Morgan fingerprint density at radius 1 is 1.56 bits per heavy atom. The van der Waals surface area contributed by atoms with E-state index in [4.69, 9.17) is 12.2 Å². The summed E-state index contributed by atoms with van der Waals surface area (Å²) in [5.41, 5.74) is -0.235. The SMILES string of the molecule is CN(CC1(O)CCCC1)C(=O)c1ccc[nH]c1=S. The normalized spacial score (nSPS) is 17.7. The molecule has 0 atom stereocenters. The van der Waals surface area contributed by atoms with Gasteiger partial charge in [-0.3, -0.25) is 4.79 Å². The average molecular weight is 266 g/mol. The fraction of sp³-hybridized carbons (Fsp3) is 0.538. The van der Waals surface area contributed by atoms with E-state index in [0.29, 0.717) is 16.7 Å². The van der Waals surface area contributed by atoms with Crippen molar-refractivity contribution in [2.24, 2.45) is 0 Å². The lowest BCUT2D eigenvalue weighted by Crippen LogP contribution is -2.42. The number of pyridine rings is 1. The third-order valence-corrected chi connectivity index (χ3v) is 3.80. The van der Waals surface area contributed by atoms with Crippen LogP contribution in [0, 0.1) is 4.64 Å². The molecule has 2 rings (SSSR count). The van der Waals surface area contributed by atoms with E-state index in [-0.39, 0.29) is 5.91 Å². The van der Waals surface area contributed by atoms with Crippen molar-refractivity contribution in [3.8, 4) is 0 Å². The Balaban J connectivity index is 2.10. The fourth-order valence-corrected chi connectivity index (χ4v) is 2.72. The third-order valence-electron chi connectivity index (χ3n) is 3.46. The zero-order chi connectivity index (χ0) is 13.2. The number of likely N-dealkylation sites (N-methyl/N-ethyl adjacent to an activating group) is 1. The van der Waals surface area contributed by atoms with Gasteiger partial charge in [0.05, 0.1) is 11.2 Å². The van der Waals surface area contributed by atoms with Crippen LogP contribution < -0.4 is 0 Å². The van der Waals surface area contributed by atoms with Crippen molar-refractivity contribution in [3.05, 3.63) is 28.5 Å². The fourth-order valence-electron chi connectivity index (χ4n) is 2.50. The molecule has 1 aliphatic rings. The Bertz CT molecular complexity index is 492. The van der Waals surface area contributed by atoms with Crippen LogP contribution in [0.3, 0.4) is 0 Å². The number of H-pyrrole nitrogens is 1. The van der Waals surface area contributed by atoms with Crippen LogP contribution in [-0.2, 0) is 0 Å². The molecule has 4 nitrogen and oxygen atoms in total. The van der Waals surface area contributed by atoms with Gasteiger partial charge in [0.25, 0.3) is 5.91 Å². The summed E-state index contributed by atoms with van der Waals surface area (Å²) in [5, 5.41) is 10.3. The number of aliphatic hydroxyl groups is 1. The van der Waals surface area contributed by atoms with Gasteiger partial charge >= 0.3 is 0 Å². The van der Waals surface area contributed by atoms with Gasteiger partial charge in [-0.2, -0.15) is 0 Å². The summed E-state index contributed by atoms with van der Waals surface area (Å²) >= 11 is 5.09. The van der Waals surface area contributed by atoms with Crippen LogP contribution in [-0.4, -0.2) is 40.1 Å². The highest BCUT2D eigenvalue weighted by Crippen LogP contribution is 2.30. The van der Waals surface area contributed by atoms with Crippen molar-refractivity contribution in [1.29, 1.82) is 0 Å². The van der Waals surface area contributed by atoms with Crippen molar-refractivity contribution in [2.45, 2.75) is 31.3 Å². The van der Waals surface area contributed by atoms with Gasteiger partial charge in [-0.05, 0) is 25.0 Å². The van der Waals surface area contributed by atoms with Gasteiger partial charge in [0, 0.05) is 19.8 Å². The molecule has 1 amide bonds. The molecule has 18 heavy (non-hydrogen) atoms. The van der Waals surface area contributed by atoms with E-state index in [0.717, 1.165) is 25.7 Å². The van der Waals surface area contributed by atoms with E-state index in [1.165, 1.54) is 0 Å². The number of aromatic amines is 1. The molecular weight excluding hydrogens is 248 g/mol. The predicted octanol–water partition coefficient (Wildman–Crippen LogP) is 2.12. The largest absolute Gasteiger partial charge is 0.388 e. The van der Waals surface area contributed by atoms with Crippen molar-refractivity contribution in [3.63, 3.8) is 0 Å². The molecule has 0 aliphatic heterocycles. The summed E-state index contributed by atoms with van der Waals surface area (Å²) in [7, 11) is 1.71. The number of nitrogens with one attached hydrogen (secondary N) is 1. The van der Waals surface area contributed by atoms with Gasteiger partial charge in [0.1, 0.15) is 4.64 Å². The number of nitrogens with zero attached hydrogens (tertiary/aromatic N) is 1. The highest BCUT2D eigenvalue weighted by atomic mass is 32.1. The molecule has 98 valence electrons. The summed E-state index contributed by atoms with van der Waals surface area (Å²) in [5.74, 6) is -0.142. The minimum Gasteiger partial charge on any atom is -0.388 e. The van der Waals surface area contributed by atoms with Crippen LogP contribution in [0.2, 0.25) is 0 Å². The van der Waals surface area contributed by atoms with E-state index < -0.39 is 5.60 Å². The van der Waals surface area contributed by atoms with E-state index in [2.05, 4.69) is 4.98 Å². The lowest BCUT2D eigenvalue weighted by molar-refractivity contribution is 0.0156. The molecule has 0 radical (unpaired) electrons. The standard InChI is InChI=1S/C13H18N2O2S/c1-15(9-13(17)6-2-3-7-13)12(16)10-5-4-8-14-11(10)18/h4-5,8,17H,2-3,6-7,9H2,1H3,(H,14,18). The molecule has 1 heterocycles. The Kier molecular flexibility index (Phi) is 3.82. The number of carbonyl (C=O) groups excluding carboxylic acids is 1. The van der Waals surface area contributed by atoms with E-state index in [1.807, 2.05) is 0 Å². The maximum Gasteiger partial charge on any atom is 0.256 e. The first kappa shape index (κ1) is 13.2. The molecule has 0 saturated heterocycles. The first-order valence-electron chi connectivity index (χ1n) is 6.17. The van der Waals surface area contributed by atoms with E-state index in [1.54, 1.807) is 30.3 Å². The van der Waals surface area contributed by atoms with Crippen LogP contribution in [0.1, 0.15) is 36.0 Å². The summed E-state index contributed by atoms with van der Waals surface area (Å²) in [6.45, 7) is 0.371. The Morgan fingerprint density at radius 3 is 2.83 bits per heavy atom. The number of hydrogen-bond donors (Lipinski definition) is 2. The first-order valence-corrected chi connectivity index (χ1v) is 6.58. The van der Waals surface area contributed by atoms with Crippen LogP contribution in [0.15, 0.2) is 18.3 Å². The lowest BCUT2D eigenvalue weighted by atomic mass is 10.0. The molecule has 1 fully saturated rings. The number of amides is 1. The number of aromatic nitrogens is 1. The summed E-state index contributed by atoms with van der Waals surface area (Å²) < 4.78 is 0.438. The first-order chi connectivity index (χ1) is 8.52. The molecular formula is C13H18N2O2S. The molecule has 0 unspecified atom stereocenters. The Hall–Kier alpha value is -1.20. The maximum absolute atomic E-state index is 12.2.